The molecule has 0 heterocycles. The van der Waals surface area contributed by atoms with Crippen LogP contribution in [0, 0.1) is 0 Å². The fraction of sp³-hybridized carbons (Fsp3) is 1.00. The number of aliphatic hydroxyl groups excluding tert-OH is 1. The lowest BCUT2D eigenvalue weighted by Gasteiger charge is -2.08. The molecule has 5 N–H and O–H groups in total. The van der Waals surface area contributed by atoms with Crippen molar-refractivity contribution >= 4 is 0 Å². The van der Waals surface area contributed by atoms with Gasteiger partial charge in [0.05, 0.1) is 19.3 Å². The summed E-state index contributed by atoms with van der Waals surface area (Å²) >= 11 is 0. The molecule has 0 aromatic heterocycles. The van der Waals surface area contributed by atoms with E-state index < -0.39 is 5.79 Å². The van der Waals surface area contributed by atoms with E-state index in [1.807, 2.05) is 13.8 Å². The molecule has 0 spiro atoms. The maximum atomic E-state index is 8.44. The Morgan fingerprint density at radius 3 is 2.00 bits per heavy atom. The van der Waals surface area contributed by atoms with Crippen molar-refractivity contribution in [3.05, 3.63) is 0 Å². The number of hydrogen-bond acceptors (Lipinski definition) is 5. The zero-order chi connectivity index (χ0) is 13.9. The van der Waals surface area contributed by atoms with Gasteiger partial charge in [-0.05, 0) is 33.1 Å². The summed E-state index contributed by atoms with van der Waals surface area (Å²) < 4.78 is 5.29. The Kier molecular flexibility index (Phi) is 12.3. The van der Waals surface area contributed by atoms with E-state index in [-0.39, 0.29) is 6.61 Å². The van der Waals surface area contributed by atoms with E-state index >= 15 is 0 Å². The first-order valence-corrected chi connectivity index (χ1v) is 6.25. The second-order valence-corrected chi connectivity index (χ2v) is 4.28. The molecule has 1 rings (SSSR count). The fourth-order valence-corrected chi connectivity index (χ4v) is 1.34. The fourth-order valence-electron chi connectivity index (χ4n) is 1.34. The molecular formula is C12H29NO4. The van der Waals surface area contributed by atoms with Crippen LogP contribution in [-0.4, -0.2) is 46.5 Å². The predicted octanol–water partition coefficient (Wildman–Crippen LogP) is 0.608. The van der Waals surface area contributed by atoms with Crippen molar-refractivity contribution in [2.24, 2.45) is 5.73 Å². The largest absolute Gasteiger partial charge is 0.394 e. The molecule has 0 bridgehead atoms. The van der Waals surface area contributed by atoms with E-state index in [4.69, 9.17) is 25.8 Å². The molecule has 0 aromatic carbocycles. The first-order chi connectivity index (χ1) is 7.83. The van der Waals surface area contributed by atoms with E-state index in [9.17, 15) is 0 Å². The minimum absolute atomic E-state index is 0.117. The summed E-state index contributed by atoms with van der Waals surface area (Å²) in [6.07, 6.45) is 3.39. The highest BCUT2D eigenvalue weighted by Crippen LogP contribution is 2.19. The van der Waals surface area contributed by atoms with Crippen molar-refractivity contribution in [1.29, 1.82) is 0 Å². The van der Waals surface area contributed by atoms with Crippen LogP contribution in [0.3, 0.4) is 0 Å². The Labute approximate surface area is 105 Å². The molecule has 2 atom stereocenters. The molecule has 0 amide bonds. The van der Waals surface area contributed by atoms with Crippen molar-refractivity contribution < 1.29 is 20.1 Å². The van der Waals surface area contributed by atoms with E-state index in [0.29, 0.717) is 18.8 Å². The quantitative estimate of drug-likeness (QED) is 0.551. The average Bonchev–Trinajstić information content (AvgIpc) is 2.62. The van der Waals surface area contributed by atoms with Crippen LogP contribution in [-0.2, 0) is 4.74 Å². The Morgan fingerprint density at radius 2 is 1.71 bits per heavy atom. The number of aliphatic hydroxyl groups is 3. The van der Waals surface area contributed by atoms with Gasteiger partial charge in [-0.3, -0.25) is 0 Å². The van der Waals surface area contributed by atoms with Crippen LogP contribution in [0.1, 0.15) is 47.0 Å². The molecule has 0 aromatic rings. The molecule has 1 saturated carbocycles. The van der Waals surface area contributed by atoms with E-state index in [0.717, 1.165) is 19.3 Å². The number of nitrogens with two attached hydrogens (primary N) is 1. The van der Waals surface area contributed by atoms with Crippen LogP contribution in [0.15, 0.2) is 0 Å². The second-order valence-electron chi connectivity index (χ2n) is 4.28. The standard InChI is InChI=1S/C7H15NO2.C3H8O2.C2H6/c8-6-1-2-7(5-6)10-4-3-9;1-3(2,4)5;1-2/h6-7,9H,1-5,8H2;4-5H,1-2H3;1-2H3. The molecule has 0 saturated heterocycles. The van der Waals surface area contributed by atoms with Gasteiger partial charge >= 0.3 is 0 Å². The summed E-state index contributed by atoms with van der Waals surface area (Å²) in [4.78, 5) is 0. The molecule has 1 aliphatic rings. The maximum Gasteiger partial charge on any atom is 0.156 e. The summed E-state index contributed by atoms with van der Waals surface area (Å²) in [7, 11) is 0. The lowest BCUT2D eigenvalue weighted by Crippen LogP contribution is -2.18. The van der Waals surface area contributed by atoms with Crippen LogP contribution >= 0.6 is 0 Å². The van der Waals surface area contributed by atoms with E-state index in [1.54, 1.807) is 0 Å². The summed E-state index contributed by atoms with van der Waals surface area (Å²) in [5.74, 6) is -1.50. The molecule has 0 radical (unpaired) electrons. The van der Waals surface area contributed by atoms with Gasteiger partial charge in [0, 0.05) is 6.04 Å². The van der Waals surface area contributed by atoms with Gasteiger partial charge in [0.25, 0.3) is 0 Å². The molecular weight excluding hydrogens is 222 g/mol. The van der Waals surface area contributed by atoms with Crippen molar-refractivity contribution in [2.75, 3.05) is 13.2 Å². The van der Waals surface area contributed by atoms with Crippen LogP contribution < -0.4 is 5.73 Å². The Bertz CT molecular complexity index is 153. The van der Waals surface area contributed by atoms with Gasteiger partial charge < -0.3 is 25.8 Å². The molecule has 1 aliphatic carbocycles. The highest BCUT2D eigenvalue weighted by atomic mass is 16.5. The first kappa shape index (κ1) is 19.1. The summed E-state index contributed by atoms with van der Waals surface area (Å²) in [5, 5.41) is 24.6. The second kappa shape index (κ2) is 10.9. The minimum Gasteiger partial charge on any atom is -0.394 e. The first-order valence-electron chi connectivity index (χ1n) is 6.25. The monoisotopic (exact) mass is 251 g/mol. The third-order valence-electron chi connectivity index (χ3n) is 1.87. The van der Waals surface area contributed by atoms with Crippen molar-refractivity contribution in [3.63, 3.8) is 0 Å². The zero-order valence-corrected chi connectivity index (χ0v) is 11.5. The van der Waals surface area contributed by atoms with Crippen LogP contribution in [0.4, 0.5) is 0 Å². The molecule has 5 heteroatoms. The molecule has 2 unspecified atom stereocenters. The summed E-state index contributed by atoms with van der Waals surface area (Å²) in [5.41, 5.74) is 5.65. The normalized spacial score (nSPS) is 23.3. The summed E-state index contributed by atoms with van der Waals surface area (Å²) in [6.45, 7) is 7.17. The SMILES string of the molecule is CC.CC(C)(O)O.NC1CCC(OCCO)C1. The average molecular weight is 251 g/mol. The number of hydrogen-bond donors (Lipinski definition) is 4. The van der Waals surface area contributed by atoms with Crippen molar-refractivity contribution in [1.82, 2.24) is 0 Å². The molecule has 106 valence electrons. The van der Waals surface area contributed by atoms with Crippen molar-refractivity contribution in [2.45, 2.75) is 64.9 Å². The van der Waals surface area contributed by atoms with Gasteiger partial charge in [-0.1, -0.05) is 13.8 Å². The Morgan fingerprint density at radius 1 is 1.24 bits per heavy atom. The number of rotatable bonds is 3. The smallest absolute Gasteiger partial charge is 0.156 e. The minimum atomic E-state index is -1.50. The van der Waals surface area contributed by atoms with Crippen LogP contribution in [0.25, 0.3) is 0 Å². The van der Waals surface area contributed by atoms with Crippen LogP contribution in [0.2, 0.25) is 0 Å². The zero-order valence-electron chi connectivity index (χ0n) is 11.5. The Balaban J connectivity index is 0. The third kappa shape index (κ3) is 18.4. The highest BCUT2D eigenvalue weighted by Gasteiger charge is 2.21. The maximum absolute atomic E-state index is 8.44. The lowest BCUT2D eigenvalue weighted by molar-refractivity contribution is -0.127. The topological polar surface area (TPSA) is 95.9 Å². The highest BCUT2D eigenvalue weighted by molar-refractivity contribution is 4.77. The van der Waals surface area contributed by atoms with Gasteiger partial charge in [-0.25, -0.2) is 0 Å². The van der Waals surface area contributed by atoms with Crippen LogP contribution in [0.5, 0.6) is 0 Å². The van der Waals surface area contributed by atoms with Gasteiger partial charge in [0.15, 0.2) is 5.79 Å². The van der Waals surface area contributed by atoms with E-state index in [1.165, 1.54) is 13.8 Å². The summed E-state index contributed by atoms with van der Waals surface area (Å²) in [6, 6.07) is 0.323. The third-order valence-corrected chi connectivity index (χ3v) is 1.87. The molecule has 17 heavy (non-hydrogen) atoms. The molecule has 0 aliphatic heterocycles. The van der Waals surface area contributed by atoms with Gasteiger partial charge in [-0.15, -0.1) is 0 Å². The van der Waals surface area contributed by atoms with Crippen molar-refractivity contribution in [3.8, 4) is 0 Å². The van der Waals surface area contributed by atoms with Gasteiger partial charge in [0.2, 0.25) is 0 Å². The Hall–Kier alpha value is -0.200. The lowest BCUT2D eigenvalue weighted by atomic mass is 10.3. The van der Waals surface area contributed by atoms with E-state index in [2.05, 4.69) is 0 Å². The molecule has 1 fully saturated rings. The molecule has 5 nitrogen and oxygen atoms in total. The number of ether oxygens (including phenoxy) is 1. The van der Waals surface area contributed by atoms with Gasteiger partial charge in [-0.2, -0.15) is 0 Å². The predicted molar refractivity (Wildman–Crippen MR) is 68.5 cm³/mol. The van der Waals surface area contributed by atoms with Gasteiger partial charge in [0.1, 0.15) is 0 Å².